The summed E-state index contributed by atoms with van der Waals surface area (Å²) in [4.78, 5) is 11.4. The van der Waals surface area contributed by atoms with Crippen LogP contribution in [0.4, 0.5) is 11.6 Å². The summed E-state index contributed by atoms with van der Waals surface area (Å²) in [5.74, 6) is 1.71. The molecule has 158 valence electrons. The lowest BCUT2D eigenvalue weighted by Crippen LogP contribution is -2.42. The zero-order valence-electron chi connectivity index (χ0n) is 17.0. The van der Waals surface area contributed by atoms with E-state index in [1.165, 1.54) is 10.6 Å². The molecule has 0 unspecified atom stereocenters. The molecule has 29 heavy (non-hydrogen) atoms. The molecule has 0 saturated carbocycles. The van der Waals surface area contributed by atoms with E-state index in [2.05, 4.69) is 20.2 Å². The molecule has 2 aliphatic heterocycles. The predicted octanol–water partition coefficient (Wildman–Crippen LogP) is 1.82. The van der Waals surface area contributed by atoms with Crippen molar-refractivity contribution < 1.29 is 13.5 Å². The predicted molar refractivity (Wildman–Crippen MR) is 115 cm³/mol. The molecular formula is C20H29N5O3S. The summed E-state index contributed by atoms with van der Waals surface area (Å²) in [7, 11) is -3.12. The Hall–Kier alpha value is -1.97. The standard InChI is InChI=1S/C20H29N5O3S/c1-20(26)6-11-24(12-7-20)19-17-13-18(22-14-15(17)3-8-21-19)23-16-4-9-25(10-5-16)29(2,27)28/h3,8,13-14,16,26H,4-7,9-12H2,1-2H3,(H,22,23). The first-order valence-electron chi connectivity index (χ1n) is 10.2. The number of piperidine rings is 2. The zero-order valence-corrected chi connectivity index (χ0v) is 17.8. The van der Waals surface area contributed by atoms with Gasteiger partial charge in [-0.2, -0.15) is 0 Å². The third kappa shape index (κ3) is 4.62. The number of anilines is 2. The Morgan fingerprint density at radius 2 is 1.86 bits per heavy atom. The Morgan fingerprint density at radius 3 is 2.52 bits per heavy atom. The number of fused-ring (bicyclic) bond motifs is 1. The number of sulfonamides is 1. The molecule has 0 radical (unpaired) electrons. The molecule has 2 aromatic heterocycles. The van der Waals surface area contributed by atoms with Crippen molar-refractivity contribution in [3.63, 3.8) is 0 Å². The van der Waals surface area contributed by atoms with Crippen molar-refractivity contribution in [2.45, 2.75) is 44.2 Å². The van der Waals surface area contributed by atoms with Crippen LogP contribution in [0.2, 0.25) is 0 Å². The van der Waals surface area contributed by atoms with Crippen molar-refractivity contribution in [2.75, 3.05) is 42.7 Å². The lowest BCUT2D eigenvalue weighted by molar-refractivity contribution is 0.0350. The minimum atomic E-state index is -3.12. The number of nitrogens with zero attached hydrogens (tertiary/aromatic N) is 4. The number of nitrogens with one attached hydrogen (secondary N) is 1. The van der Waals surface area contributed by atoms with E-state index in [1.54, 1.807) is 6.20 Å². The van der Waals surface area contributed by atoms with Crippen molar-refractivity contribution >= 4 is 32.4 Å². The highest BCUT2D eigenvalue weighted by Gasteiger charge is 2.29. The summed E-state index contributed by atoms with van der Waals surface area (Å²) in [6, 6.07) is 4.19. The van der Waals surface area contributed by atoms with Gasteiger partial charge in [0.25, 0.3) is 0 Å². The van der Waals surface area contributed by atoms with E-state index in [0.29, 0.717) is 13.1 Å². The highest BCUT2D eigenvalue weighted by atomic mass is 32.2. The minimum Gasteiger partial charge on any atom is -0.390 e. The summed E-state index contributed by atoms with van der Waals surface area (Å²) in [5, 5.41) is 15.8. The quantitative estimate of drug-likeness (QED) is 0.780. The second kappa shape index (κ2) is 7.70. The second-order valence-electron chi connectivity index (χ2n) is 8.49. The topological polar surface area (TPSA) is 98.7 Å². The van der Waals surface area contributed by atoms with Crippen LogP contribution >= 0.6 is 0 Å². The third-order valence-corrected chi connectivity index (χ3v) is 7.34. The van der Waals surface area contributed by atoms with Gasteiger partial charge in [-0.1, -0.05) is 0 Å². The fourth-order valence-corrected chi connectivity index (χ4v) is 5.00. The average Bonchev–Trinajstić information content (AvgIpc) is 2.67. The van der Waals surface area contributed by atoms with E-state index in [9.17, 15) is 13.5 Å². The van der Waals surface area contributed by atoms with E-state index in [0.717, 1.165) is 61.2 Å². The molecule has 0 aliphatic carbocycles. The smallest absolute Gasteiger partial charge is 0.211 e. The van der Waals surface area contributed by atoms with Crippen LogP contribution in [0, 0.1) is 0 Å². The van der Waals surface area contributed by atoms with Gasteiger partial charge in [0.05, 0.1) is 11.9 Å². The first kappa shape index (κ1) is 20.3. The number of hydrogen-bond donors (Lipinski definition) is 2. The molecule has 2 fully saturated rings. The summed E-state index contributed by atoms with van der Waals surface area (Å²) < 4.78 is 24.9. The normalized spacial score (nSPS) is 21.4. The van der Waals surface area contributed by atoms with Crippen LogP contribution < -0.4 is 10.2 Å². The molecule has 2 N–H and O–H groups in total. The van der Waals surface area contributed by atoms with Gasteiger partial charge in [0.2, 0.25) is 10.0 Å². The first-order chi connectivity index (χ1) is 13.7. The lowest BCUT2D eigenvalue weighted by atomic mass is 9.93. The maximum Gasteiger partial charge on any atom is 0.211 e. The van der Waals surface area contributed by atoms with Crippen molar-refractivity contribution in [2.24, 2.45) is 0 Å². The van der Waals surface area contributed by atoms with Gasteiger partial charge in [0, 0.05) is 55.4 Å². The van der Waals surface area contributed by atoms with Crippen LogP contribution in [0.5, 0.6) is 0 Å². The molecule has 8 nitrogen and oxygen atoms in total. The number of aliphatic hydroxyl groups is 1. The number of rotatable bonds is 4. The van der Waals surface area contributed by atoms with Crippen LogP contribution in [0.25, 0.3) is 10.8 Å². The van der Waals surface area contributed by atoms with Gasteiger partial charge in [0.15, 0.2) is 0 Å². The van der Waals surface area contributed by atoms with Crippen LogP contribution in [0.1, 0.15) is 32.6 Å². The van der Waals surface area contributed by atoms with Crippen LogP contribution in [-0.2, 0) is 10.0 Å². The van der Waals surface area contributed by atoms with E-state index in [4.69, 9.17) is 0 Å². The molecular weight excluding hydrogens is 390 g/mol. The lowest BCUT2D eigenvalue weighted by Gasteiger charge is -2.36. The molecule has 0 amide bonds. The highest BCUT2D eigenvalue weighted by Crippen LogP contribution is 2.31. The number of aromatic nitrogens is 2. The Morgan fingerprint density at radius 1 is 1.17 bits per heavy atom. The largest absolute Gasteiger partial charge is 0.390 e. The summed E-state index contributed by atoms with van der Waals surface area (Å²) >= 11 is 0. The van der Waals surface area contributed by atoms with Gasteiger partial charge in [-0.05, 0) is 44.7 Å². The summed E-state index contributed by atoms with van der Waals surface area (Å²) in [6.45, 7) is 4.50. The SMILES string of the molecule is CC1(O)CCN(c2nccc3cnc(NC4CCN(S(C)(=O)=O)CC4)cc23)CC1. The van der Waals surface area contributed by atoms with Crippen molar-refractivity contribution in [3.05, 3.63) is 24.5 Å². The Balaban J connectivity index is 1.51. The second-order valence-corrected chi connectivity index (χ2v) is 10.5. The molecule has 0 atom stereocenters. The molecule has 4 rings (SSSR count). The van der Waals surface area contributed by atoms with Crippen LogP contribution in [0.15, 0.2) is 24.5 Å². The Labute approximate surface area is 172 Å². The molecule has 0 aromatic carbocycles. The summed E-state index contributed by atoms with van der Waals surface area (Å²) in [5.41, 5.74) is -0.601. The molecule has 2 aliphatic rings. The van der Waals surface area contributed by atoms with Crippen LogP contribution in [0.3, 0.4) is 0 Å². The van der Waals surface area contributed by atoms with Gasteiger partial charge < -0.3 is 15.3 Å². The molecule has 9 heteroatoms. The van der Waals surface area contributed by atoms with E-state index in [-0.39, 0.29) is 6.04 Å². The Kier molecular flexibility index (Phi) is 5.39. The third-order valence-electron chi connectivity index (χ3n) is 6.04. The van der Waals surface area contributed by atoms with E-state index < -0.39 is 15.6 Å². The summed E-state index contributed by atoms with van der Waals surface area (Å²) in [6.07, 6.45) is 7.89. The van der Waals surface area contributed by atoms with Gasteiger partial charge in [0.1, 0.15) is 11.6 Å². The molecule has 0 bridgehead atoms. The van der Waals surface area contributed by atoms with Crippen LogP contribution in [-0.4, -0.2) is 71.9 Å². The van der Waals surface area contributed by atoms with Gasteiger partial charge in [-0.15, -0.1) is 0 Å². The zero-order chi connectivity index (χ0) is 20.6. The number of hydrogen-bond acceptors (Lipinski definition) is 7. The van der Waals surface area contributed by atoms with Gasteiger partial charge >= 0.3 is 0 Å². The van der Waals surface area contributed by atoms with Gasteiger partial charge in [-0.3, -0.25) is 0 Å². The monoisotopic (exact) mass is 419 g/mol. The van der Waals surface area contributed by atoms with E-state index in [1.807, 2.05) is 25.3 Å². The molecule has 2 saturated heterocycles. The maximum absolute atomic E-state index is 11.7. The van der Waals surface area contributed by atoms with Crippen molar-refractivity contribution in [1.82, 2.24) is 14.3 Å². The maximum atomic E-state index is 11.7. The van der Waals surface area contributed by atoms with Gasteiger partial charge in [-0.25, -0.2) is 22.7 Å². The highest BCUT2D eigenvalue weighted by molar-refractivity contribution is 7.88. The molecule has 2 aromatic rings. The fourth-order valence-electron chi connectivity index (χ4n) is 4.12. The molecule has 0 spiro atoms. The Bertz CT molecular complexity index is 977. The molecule has 4 heterocycles. The minimum absolute atomic E-state index is 0.197. The van der Waals surface area contributed by atoms with Crippen molar-refractivity contribution in [1.29, 1.82) is 0 Å². The average molecular weight is 420 g/mol. The first-order valence-corrected chi connectivity index (χ1v) is 12.0. The number of pyridine rings is 2. The fraction of sp³-hybridized carbons (Fsp3) is 0.600. The van der Waals surface area contributed by atoms with E-state index >= 15 is 0 Å². The van der Waals surface area contributed by atoms with Crippen molar-refractivity contribution in [3.8, 4) is 0 Å².